The molecule has 10 heavy (non-hydrogen) atoms. The molecule has 0 spiro atoms. The van der Waals surface area contributed by atoms with Crippen LogP contribution in [0.5, 0.6) is 0 Å². The van der Waals surface area contributed by atoms with E-state index < -0.39 is 0 Å². The van der Waals surface area contributed by atoms with Gasteiger partial charge in [0.05, 0.1) is 0 Å². The summed E-state index contributed by atoms with van der Waals surface area (Å²) in [6.07, 6.45) is 4.42. The Morgan fingerprint density at radius 2 is 2.20 bits per heavy atom. The summed E-state index contributed by atoms with van der Waals surface area (Å²) in [5, 5.41) is 0. The first-order chi connectivity index (χ1) is 4.70. The zero-order valence-corrected chi connectivity index (χ0v) is 7.53. The summed E-state index contributed by atoms with van der Waals surface area (Å²) in [5.41, 5.74) is 1.34. The molecule has 1 aliphatic rings. The van der Waals surface area contributed by atoms with Crippen LogP contribution in [0.15, 0.2) is 22.9 Å². The summed E-state index contributed by atoms with van der Waals surface area (Å²) in [4.78, 5) is 3.55. The van der Waals surface area contributed by atoms with E-state index in [1.54, 1.807) is 0 Å². The van der Waals surface area contributed by atoms with Gasteiger partial charge in [-0.1, -0.05) is 6.08 Å². The Morgan fingerprint density at radius 1 is 1.50 bits per heavy atom. The fourth-order valence-corrected chi connectivity index (χ4v) is 1.67. The average molecular weight is 155 g/mol. The van der Waals surface area contributed by atoms with Crippen LogP contribution in [-0.4, -0.2) is 17.7 Å². The van der Waals surface area contributed by atoms with E-state index in [4.69, 9.17) is 0 Å². The summed E-state index contributed by atoms with van der Waals surface area (Å²) in [5.74, 6) is 1.11. The van der Waals surface area contributed by atoms with E-state index in [2.05, 4.69) is 38.1 Å². The van der Waals surface area contributed by atoms with Gasteiger partial charge in [-0.05, 0) is 18.8 Å². The lowest BCUT2D eigenvalue weighted by molar-refractivity contribution is 0.568. The fourth-order valence-electron chi connectivity index (χ4n) is 0.849. The molecule has 1 heterocycles. The van der Waals surface area contributed by atoms with E-state index in [0.717, 1.165) is 5.75 Å². The molecule has 0 aliphatic carbocycles. The van der Waals surface area contributed by atoms with E-state index in [-0.39, 0.29) is 0 Å². The van der Waals surface area contributed by atoms with Gasteiger partial charge >= 0.3 is 0 Å². The van der Waals surface area contributed by atoms with Gasteiger partial charge < -0.3 is 4.90 Å². The molecule has 0 atom stereocenters. The molecule has 0 fully saturated rings. The van der Waals surface area contributed by atoms with Crippen LogP contribution in [0, 0.1) is 0 Å². The van der Waals surface area contributed by atoms with Gasteiger partial charge in [0.15, 0.2) is 0 Å². The molecule has 0 aromatic heterocycles. The normalized spacial score (nSPS) is 19.7. The minimum atomic E-state index is 1.11. The third-order valence-corrected chi connectivity index (χ3v) is 2.52. The van der Waals surface area contributed by atoms with Crippen molar-refractivity contribution in [2.45, 2.75) is 13.8 Å². The van der Waals surface area contributed by atoms with Crippen LogP contribution in [0.2, 0.25) is 0 Å². The zero-order chi connectivity index (χ0) is 7.56. The Hall–Kier alpha value is -0.370. The Bertz CT molecular complexity index is 182. The lowest BCUT2D eigenvalue weighted by Crippen LogP contribution is -2.06. The number of allylic oxidation sites excluding steroid dienone is 2. The summed E-state index contributed by atoms with van der Waals surface area (Å²) < 4.78 is 0. The molecular weight excluding hydrogens is 142 g/mol. The smallest absolute Gasteiger partial charge is 0.0178 e. The molecule has 0 saturated carbocycles. The quantitative estimate of drug-likeness (QED) is 0.528. The molecule has 0 aromatic carbocycles. The van der Waals surface area contributed by atoms with Gasteiger partial charge in [0.2, 0.25) is 0 Å². The number of hydrogen-bond donors (Lipinski definition) is 0. The molecule has 1 rings (SSSR count). The minimum absolute atomic E-state index is 1.11. The number of thioether (sulfide) groups is 1. The topological polar surface area (TPSA) is 3.24 Å². The molecule has 0 bridgehead atoms. The van der Waals surface area contributed by atoms with Crippen molar-refractivity contribution in [2.24, 2.45) is 0 Å². The lowest BCUT2D eigenvalue weighted by Gasteiger charge is -2.12. The van der Waals surface area contributed by atoms with Crippen LogP contribution in [-0.2, 0) is 0 Å². The van der Waals surface area contributed by atoms with E-state index >= 15 is 0 Å². The highest BCUT2D eigenvalue weighted by Crippen LogP contribution is 2.20. The second-order valence-electron chi connectivity index (χ2n) is 2.51. The molecular formula is C8H13NS. The van der Waals surface area contributed by atoms with Crippen molar-refractivity contribution in [3.8, 4) is 0 Å². The molecule has 56 valence electrons. The molecule has 0 N–H and O–H groups in total. The lowest BCUT2D eigenvalue weighted by atomic mass is 10.4. The minimum Gasteiger partial charge on any atom is -0.354 e. The second kappa shape index (κ2) is 3.15. The van der Waals surface area contributed by atoms with Gasteiger partial charge in [-0.2, -0.15) is 0 Å². The monoisotopic (exact) mass is 155 g/mol. The number of rotatable bonds is 0. The number of nitrogens with zero attached hydrogens (tertiary/aromatic N) is 1. The number of hydrogen-bond acceptors (Lipinski definition) is 2. The SMILES string of the molecule is CC1=CN(C)C(C)=CCS1. The first-order valence-electron chi connectivity index (χ1n) is 3.41. The van der Waals surface area contributed by atoms with Gasteiger partial charge in [0.25, 0.3) is 0 Å². The van der Waals surface area contributed by atoms with Gasteiger partial charge in [-0.3, -0.25) is 0 Å². The van der Waals surface area contributed by atoms with Crippen molar-refractivity contribution >= 4 is 11.8 Å². The van der Waals surface area contributed by atoms with Gasteiger partial charge in [-0.15, -0.1) is 11.8 Å². The van der Waals surface area contributed by atoms with Crippen LogP contribution in [0.25, 0.3) is 0 Å². The van der Waals surface area contributed by atoms with E-state index in [9.17, 15) is 0 Å². The molecule has 0 saturated heterocycles. The van der Waals surface area contributed by atoms with Crippen LogP contribution in [0.1, 0.15) is 13.8 Å². The third kappa shape index (κ3) is 1.81. The van der Waals surface area contributed by atoms with Crippen LogP contribution >= 0.6 is 11.8 Å². The average Bonchev–Trinajstić information content (AvgIpc) is 1.96. The van der Waals surface area contributed by atoms with Crippen LogP contribution in [0.3, 0.4) is 0 Å². The van der Waals surface area contributed by atoms with Gasteiger partial charge in [0.1, 0.15) is 0 Å². The van der Waals surface area contributed by atoms with Crippen molar-refractivity contribution < 1.29 is 0 Å². The molecule has 0 radical (unpaired) electrons. The summed E-state index contributed by atoms with van der Waals surface area (Å²) in [7, 11) is 2.08. The molecule has 0 aromatic rings. The van der Waals surface area contributed by atoms with Crippen molar-refractivity contribution in [1.82, 2.24) is 4.90 Å². The maximum Gasteiger partial charge on any atom is 0.0178 e. The Balaban J connectivity index is 2.74. The Kier molecular flexibility index (Phi) is 2.44. The Labute approximate surface area is 66.8 Å². The highest BCUT2D eigenvalue weighted by Gasteiger charge is 2.00. The van der Waals surface area contributed by atoms with E-state index in [0.29, 0.717) is 0 Å². The van der Waals surface area contributed by atoms with Crippen LogP contribution in [0.4, 0.5) is 0 Å². The van der Waals surface area contributed by atoms with Crippen molar-refractivity contribution in [1.29, 1.82) is 0 Å². The predicted octanol–water partition coefficient (Wildman–Crippen LogP) is 2.43. The van der Waals surface area contributed by atoms with E-state index in [1.165, 1.54) is 10.6 Å². The van der Waals surface area contributed by atoms with Crippen molar-refractivity contribution in [3.63, 3.8) is 0 Å². The highest BCUT2D eigenvalue weighted by atomic mass is 32.2. The first kappa shape index (κ1) is 7.73. The molecule has 1 aliphatic heterocycles. The highest BCUT2D eigenvalue weighted by molar-refractivity contribution is 8.03. The first-order valence-corrected chi connectivity index (χ1v) is 4.39. The third-order valence-electron chi connectivity index (χ3n) is 1.62. The fraction of sp³-hybridized carbons (Fsp3) is 0.500. The largest absolute Gasteiger partial charge is 0.354 e. The van der Waals surface area contributed by atoms with Gasteiger partial charge in [-0.25, -0.2) is 0 Å². The van der Waals surface area contributed by atoms with E-state index in [1.807, 2.05) is 11.8 Å². The van der Waals surface area contributed by atoms with Gasteiger partial charge in [0, 0.05) is 24.7 Å². The summed E-state index contributed by atoms with van der Waals surface area (Å²) in [6, 6.07) is 0. The summed E-state index contributed by atoms with van der Waals surface area (Å²) >= 11 is 1.89. The van der Waals surface area contributed by atoms with Crippen molar-refractivity contribution in [2.75, 3.05) is 12.8 Å². The predicted molar refractivity (Wildman–Crippen MR) is 47.7 cm³/mol. The molecule has 2 heteroatoms. The zero-order valence-electron chi connectivity index (χ0n) is 6.72. The standard InChI is InChI=1S/C8H13NS/c1-7-4-5-10-8(2)6-9(7)3/h4,6H,5H2,1-3H3. The Morgan fingerprint density at radius 3 is 2.90 bits per heavy atom. The molecule has 0 amide bonds. The maximum absolute atomic E-state index is 2.25. The maximum atomic E-state index is 2.25. The molecule has 0 unspecified atom stereocenters. The summed E-state index contributed by atoms with van der Waals surface area (Å²) in [6.45, 7) is 4.28. The van der Waals surface area contributed by atoms with Crippen LogP contribution < -0.4 is 0 Å². The van der Waals surface area contributed by atoms with Crippen molar-refractivity contribution in [3.05, 3.63) is 22.9 Å². The second-order valence-corrected chi connectivity index (χ2v) is 3.77. The molecule has 1 nitrogen and oxygen atoms in total.